The zero-order valence-corrected chi connectivity index (χ0v) is 18.5. The molecule has 0 radical (unpaired) electrons. The van der Waals surface area contributed by atoms with Crippen molar-refractivity contribution >= 4 is 10.2 Å². The van der Waals surface area contributed by atoms with Crippen LogP contribution < -0.4 is 9.46 Å². The maximum Gasteiger partial charge on any atom is 0.278 e. The molecular weight excluding hydrogens is 390 g/mol. The Morgan fingerprint density at radius 1 is 1.14 bits per heavy atom. The Bertz CT molecular complexity index is 725. The van der Waals surface area contributed by atoms with E-state index in [0.29, 0.717) is 19.8 Å². The van der Waals surface area contributed by atoms with Crippen molar-refractivity contribution in [3.05, 3.63) is 29.8 Å². The lowest BCUT2D eigenvalue weighted by molar-refractivity contribution is 0.0516. The molecule has 0 amide bonds. The molecule has 2 fully saturated rings. The van der Waals surface area contributed by atoms with Crippen LogP contribution in [0.3, 0.4) is 0 Å². The number of nitrogens with zero attached hydrogens (tertiary/aromatic N) is 2. The smallest absolute Gasteiger partial charge is 0.278 e. The molecule has 2 aliphatic heterocycles. The van der Waals surface area contributed by atoms with Gasteiger partial charge in [-0.05, 0) is 62.9 Å². The summed E-state index contributed by atoms with van der Waals surface area (Å²) in [5.41, 5.74) is 0.877. The molecule has 0 spiro atoms. The summed E-state index contributed by atoms with van der Waals surface area (Å²) >= 11 is 0. The third kappa shape index (κ3) is 6.15. The monoisotopic (exact) mass is 425 g/mol. The Labute approximate surface area is 175 Å². The third-order valence-electron chi connectivity index (χ3n) is 6.08. The summed E-state index contributed by atoms with van der Waals surface area (Å²) in [7, 11) is -0.387. The van der Waals surface area contributed by atoms with Gasteiger partial charge >= 0.3 is 0 Å². The standard InChI is InChI=1S/C21H35N3O4S/c1-23(2)29(25,26)22-18-21(10-16-27-17-11-21)19-6-8-20(9-7-19)28-15-5-14-24-12-3-4-13-24/h6-9,22H,3-5,10-18H2,1-2H3. The van der Waals surface area contributed by atoms with E-state index in [1.165, 1.54) is 44.3 Å². The quantitative estimate of drug-likeness (QED) is 0.581. The Kier molecular flexibility index (Phi) is 7.92. The predicted molar refractivity (Wildman–Crippen MR) is 115 cm³/mol. The third-order valence-corrected chi connectivity index (χ3v) is 7.55. The van der Waals surface area contributed by atoms with Gasteiger partial charge in [-0.2, -0.15) is 12.7 Å². The molecule has 0 bridgehead atoms. The van der Waals surface area contributed by atoms with Gasteiger partial charge in [0.25, 0.3) is 10.2 Å². The van der Waals surface area contributed by atoms with Gasteiger partial charge in [0.1, 0.15) is 5.75 Å². The molecule has 0 unspecified atom stereocenters. The molecular formula is C21H35N3O4S. The molecule has 8 heteroatoms. The fourth-order valence-electron chi connectivity index (χ4n) is 4.08. The van der Waals surface area contributed by atoms with E-state index >= 15 is 0 Å². The second kappa shape index (κ2) is 10.2. The Balaban J connectivity index is 1.58. The van der Waals surface area contributed by atoms with Crippen LogP contribution in [0, 0.1) is 0 Å². The van der Waals surface area contributed by atoms with Gasteiger partial charge in [-0.1, -0.05) is 12.1 Å². The number of hydrogen-bond donors (Lipinski definition) is 1. The van der Waals surface area contributed by atoms with Gasteiger partial charge < -0.3 is 14.4 Å². The molecule has 7 nitrogen and oxygen atoms in total. The number of nitrogens with one attached hydrogen (secondary N) is 1. The Morgan fingerprint density at radius 3 is 2.41 bits per heavy atom. The van der Waals surface area contributed by atoms with E-state index in [9.17, 15) is 8.42 Å². The van der Waals surface area contributed by atoms with Gasteiger partial charge in [-0.15, -0.1) is 0 Å². The molecule has 1 aromatic rings. The number of hydrogen-bond acceptors (Lipinski definition) is 5. The maximum atomic E-state index is 12.2. The fourth-order valence-corrected chi connectivity index (χ4v) is 4.79. The van der Waals surface area contributed by atoms with Crippen molar-refractivity contribution in [1.82, 2.24) is 13.9 Å². The molecule has 0 aliphatic carbocycles. The summed E-state index contributed by atoms with van der Waals surface area (Å²) in [5, 5.41) is 0. The average Bonchev–Trinajstić information content (AvgIpc) is 3.24. The van der Waals surface area contributed by atoms with Crippen molar-refractivity contribution in [1.29, 1.82) is 0 Å². The van der Waals surface area contributed by atoms with Crippen molar-refractivity contribution in [3.63, 3.8) is 0 Å². The molecule has 1 N–H and O–H groups in total. The van der Waals surface area contributed by atoms with Gasteiger partial charge in [0.2, 0.25) is 0 Å². The first-order chi connectivity index (χ1) is 13.9. The van der Waals surface area contributed by atoms with Gasteiger partial charge in [-0.25, -0.2) is 4.72 Å². The Morgan fingerprint density at radius 2 is 1.79 bits per heavy atom. The molecule has 0 aromatic heterocycles. The minimum absolute atomic E-state index is 0.254. The molecule has 164 valence electrons. The number of ether oxygens (including phenoxy) is 2. The highest BCUT2D eigenvalue weighted by Gasteiger charge is 2.36. The molecule has 2 saturated heterocycles. The van der Waals surface area contributed by atoms with Crippen LogP contribution in [0.1, 0.15) is 37.7 Å². The van der Waals surface area contributed by atoms with Crippen LogP contribution in [0.2, 0.25) is 0 Å². The largest absolute Gasteiger partial charge is 0.494 e. The second-order valence-corrected chi connectivity index (χ2v) is 10.2. The van der Waals surface area contributed by atoms with Crippen LogP contribution >= 0.6 is 0 Å². The van der Waals surface area contributed by atoms with Gasteiger partial charge in [0.05, 0.1) is 6.61 Å². The van der Waals surface area contributed by atoms with Crippen molar-refractivity contribution in [2.75, 3.05) is 60.1 Å². The number of likely N-dealkylation sites (tertiary alicyclic amines) is 1. The fraction of sp³-hybridized carbons (Fsp3) is 0.714. The molecule has 2 aliphatic rings. The summed E-state index contributed by atoms with van der Waals surface area (Å²) in [6.07, 6.45) is 5.26. The minimum atomic E-state index is -3.46. The SMILES string of the molecule is CN(C)S(=O)(=O)NCC1(c2ccc(OCCCN3CCCC3)cc2)CCOCC1. The highest BCUT2D eigenvalue weighted by molar-refractivity contribution is 7.87. The zero-order valence-electron chi connectivity index (χ0n) is 17.7. The van der Waals surface area contributed by atoms with Crippen molar-refractivity contribution in [2.45, 2.75) is 37.5 Å². The number of benzene rings is 1. The molecule has 29 heavy (non-hydrogen) atoms. The van der Waals surface area contributed by atoms with Gasteiger partial charge in [0.15, 0.2) is 0 Å². The van der Waals surface area contributed by atoms with Crippen LogP contribution in [0.5, 0.6) is 5.75 Å². The van der Waals surface area contributed by atoms with E-state index in [4.69, 9.17) is 9.47 Å². The van der Waals surface area contributed by atoms with Crippen molar-refractivity contribution < 1.29 is 17.9 Å². The van der Waals surface area contributed by atoms with Crippen LogP contribution in [0.25, 0.3) is 0 Å². The van der Waals surface area contributed by atoms with E-state index in [1.807, 2.05) is 12.1 Å². The minimum Gasteiger partial charge on any atom is -0.494 e. The maximum absolute atomic E-state index is 12.2. The Hall–Kier alpha value is -1.19. The summed E-state index contributed by atoms with van der Waals surface area (Å²) in [5.74, 6) is 0.867. The van der Waals surface area contributed by atoms with Crippen LogP contribution in [-0.2, 0) is 20.4 Å². The zero-order chi connectivity index (χ0) is 20.7. The van der Waals surface area contributed by atoms with Crippen LogP contribution in [0.4, 0.5) is 0 Å². The first-order valence-corrected chi connectivity index (χ1v) is 12.1. The normalized spacial score (nSPS) is 20.2. The molecule has 3 rings (SSSR count). The van der Waals surface area contributed by atoms with E-state index in [0.717, 1.165) is 43.7 Å². The summed E-state index contributed by atoms with van der Waals surface area (Å²) in [6.45, 7) is 5.91. The molecule has 1 aromatic carbocycles. The highest BCUT2D eigenvalue weighted by Crippen LogP contribution is 2.35. The van der Waals surface area contributed by atoms with E-state index < -0.39 is 10.2 Å². The van der Waals surface area contributed by atoms with Gasteiger partial charge in [-0.3, -0.25) is 0 Å². The topological polar surface area (TPSA) is 71.1 Å². The second-order valence-electron chi connectivity index (χ2n) is 8.28. The van der Waals surface area contributed by atoms with Crippen molar-refractivity contribution in [3.8, 4) is 5.75 Å². The first kappa shape index (κ1) is 22.5. The molecule has 0 atom stereocenters. The summed E-state index contributed by atoms with van der Waals surface area (Å²) in [4.78, 5) is 2.50. The lowest BCUT2D eigenvalue weighted by atomic mass is 9.74. The summed E-state index contributed by atoms with van der Waals surface area (Å²) in [6, 6.07) is 8.15. The average molecular weight is 426 g/mol. The van der Waals surface area contributed by atoms with E-state index in [1.54, 1.807) is 0 Å². The predicted octanol–water partition coefficient (Wildman–Crippen LogP) is 2.00. The first-order valence-electron chi connectivity index (χ1n) is 10.6. The summed E-state index contributed by atoms with van der Waals surface area (Å²) < 4.78 is 39.8. The molecule has 0 saturated carbocycles. The van der Waals surface area contributed by atoms with Gasteiger partial charge in [0, 0.05) is 45.8 Å². The van der Waals surface area contributed by atoms with E-state index in [2.05, 4.69) is 21.8 Å². The van der Waals surface area contributed by atoms with Crippen LogP contribution in [0.15, 0.2) is 24.3 Å². The van der Waals surface area contributed by atoms with Crippen LogP contribution in [-0.4, -0.2) is 77.7 Å². The molecule has 2 heterocycles. The lowest BCUT2D eigenvalue weighted by Gasteiger charge is -2.38. The van der Waals surface area contributed by atoms with E-state index in [-0.39, 0.29) is 5.41 Å². The lowest BCUT2D eigenvalue weighted by Crippen LogP contribution is -2.47. The highest BCUT2D eigenvalue weighted by atomic mass is 32.2. The van der Waals surface area contributed by atoms with Crippen molar-refractivity contribution in [2.24, 2.45) is 0 Å². The number of rotatable bonds is 10.